The monoisotopic (exact) mass is 313 g/mol. The number of hydrogen-bond donors (Lipinski definition) is 0. The topological polar surface area (TPSA) is 81.6 Å². The van der Waals surface area contributed by atoms with Crippen molar-refractivity contribution in [3.8, 4) is 11.5 Å². The summed E-state index contributed by atoms with van der Waals surface area (Å²) in [5.74, 6) is 0.873. The second-order valence-electron chi connectivity index (χ2n) is 5.39. The number of aromatic nitrogens is 2. The Kier molecular flexibility index (Phi) is 3.34. The summed E-state index contributed by atoms with van der Waals surface area (Å²) in [7, 11) is 0. The zero-order chi connectivity index (χ0) is 15.8. The van der Waals surface area contributed by atoms with E-state index in [0.29, 0.717) is 49.2 Å². The Labute approximate surface area is 131 Å². The van der Waals surface area contributed by atoms with E-state index in [1.54, 1.807) is 17.9 Å². The third-order valence-electron chi connectivity index (χ3n) is 3.88. The Bertz CT molecular complexity index is 861. The third-order valence-corrected chi connectivity index (χ3v) is 3.88. The maximum absolute atomic E-state index is 12.7. The molecule has 0 N–H and O–H groups in total. The lowest BCUT2D eigenvalue weighted by Gasteiger charge is -2.26. The van der Waals surface area contributed by atoms with Gasteiger partial charge in [-0.25, -0.2) is 0 Å². The van der Waals surface area contributed by atoms with Crippen molar-refractivity contribution in [1.82, 2.24) is 15.1 Å². The van der Waals surface area contributed by atoms with Crippen molar-refractivity contribution in [2.24, 2.45) is 0 Å². The molecule has 2 aromatic heterocycles. The molecule has 0 spiro atoms. The zero-order valence-electron chi connectivity index (χ0n) is 12.6. The molecule has 1 fully saturated rings. The van der Waals surface area contributed by atoms with Gasteiger partial charge in [0.1, 0.15) is 11.8 Å². The first kappa shape index (κ1) is 14.0. The Morgan fingerprint density at radius 2 is 2.04 bits per heavy atom. The molecule has 7 nitrogen and oxygen atoms in total. The van der Waals surface area contributed by atoms with Crippen molar-refractivity contribution in [3.63, 3.8) is 0 Å². The molecule has 0 saturated carbocycles. The number of morpholine rings is 1. The number of ether oxygens (including phenoxy) is 1. The highest BCUT2D eigenvalue weighted by Crippen LogP contribution is 2.28. The molecule has 1 saturated heterocycles. The molecule has 3 heterocycles. The van der Waals surface area contributed by atoms with Crippen LogP contribution in [-0.2, 0) is 4.74 Å². The van der Waals surface area contributed by atoms with Crippen LogP contribution < -0.4 is 0 Å². The van der Waals surface area contributed by atoms with Crippen LogP contribution in [0.2, 0.25) is 0 Å². The molecule has 0 atom stereocenters. The molecular formula is C16H15N3O4. The van der Waals surface area contributed by atoms with Gasteiger partial charge >= 0.3 is 0 Å². The number of furan rings is 1. The molecule has 23 heavy (non-hydrogen) atoms. The number of benzene rings is 1. The molecule has 4 rings (SSSR count). The van der Waals surface area contributed by atoms with Crippen LogP contribution in [0.3, 0.4) is 0 Å². The van der Waals surface area contributed by atoms with Crippen LogP contribution in [0.1, 0.15) is 16.2 Å². The Balaban J connectivity index is 1.74. The first-order chi connectivity index (χ1) is 11.2. The standard InChI is InChI=1S/C16H15N3O4/c1-10-17-18-15(23-10)11-2-3-14-12(8-11)13(9-22-14)16(20)19-4-6-21-7-5-19/h2-3,8-9H,4-7H2,1H3. The van der Waals surface area contributed by atoms with Crippen molar-refractivity contribution in [3.05, 3.63) is 35.9 Å². The summed E-state index contributed by atoms with van der Waals surface area (Å²) in [6.45, 7) is 4.05. The highest BCUT2D eigenvalue weighted by Gasteiger charge is 2.22. The van der Waals surface area contributed by atoms with Crippen LogP contribution in [-0.4, -0.2) is 47.3 Å². The van der Waals surface area contributed by atoms with Crippen LogP contribution in [0.4, 0.5) is 0 Å². The quantitative estimate of drug-likeness (QED) is 0.722. The van der Waals surface area contributed by atoms with Gasteiger partial charge in [0.2, 0.25) is 11.8 Å². The van der Waals surface area contributed by atoms with Gasteiger partial charge in [-0.15, -0.1) is 10.2 Å². The zero-order valence-corrected chi connectivity index (χ0v) is 12.6. The highest BCUT2D eigenvalue weighted by molar-refractivity contribution is 6.06. The fourth-order valence-corrected chi connectivity index (χ4v) is 2.68. The lowest BCUT2D eigenvalue weighted by molar-refractivity contribution is 0.0303. The number of aryl methyl sites for hydroxylation is 1. The molecule has 1 aliphatic rings. The summed E-state index contributed by atoms with van der Waals surface area (Å²) in [6, 6.07) is 5.49. The van der Waals surface area contributed by atoms with Gasteiger partial charge < -0.3 is 18.5 Å². The van der Waals surface area contributed by atoms with Gasteiger partial charge in [-0.2, -0.15) is 0 Å². The van der Waals surface area contributed by atoms with E-state index in [0.717, 1.165) is 10.9 Å². The third kappa shape index (κ3) is 2.49. The van der Waals surface area contributed by atoms with Crippen LogP contribution >= 0.6 is 0 Å². The molecule has 0 aliphatic carbocycles. The molecular weight excluding hydrogens is 298 g/mol. The molecule has 3 aromatic rings. The van der Waals surface area contributed by atoms with E-state index in [-0.39, 0.29) is 5.91 Å². The van der Waals surface area contributed by atoms with Crippen molar-refractivity contribution in [2.45, 2.75) is 6.92 Å². The number of fused-ring (bicyclic) bond motifs is 1. The maximum Gasteiger partial charge on any atom is 0.257 e. The average Bonchev–Trinajstić information content (AvgIpc) is 3.20. The molecule has 0 unspecified atom stereocenters. The van der Waals surface area contributed by atoms with Crippen LogP contribution in [0.5, 0.6) is 0 Å². The predicted molar refractivity (Wildman–Crippen MR) is 81.0 cm³/mol. The lowest BCUT2D eigenvalue weighted by Crippen LogP contribution is -2.40. The van der Waals surface area contributed by atoms with Crippen LogP contribution in [0.25, 0.3) is 22.4 Å². The molecule has 1 aromatic carbocycles. The molecule has 0 radical (unpaired) electrons. The fraction of sp³-hybridized carbons (Fsp3) is 0.312. The largest absolute Gasteiger partial charge is 0.463 e. The van der Waals surface area contributed by atoms with Gasteiger partial charge in [0.25, 0.3) is 5.91 Å². The fourth-order valence-electron chi connectivity index (χ4n) is 2.68. The van der Waals surface area contributed by atoms with Gasteiger partial charge in [0.15, 0.2) is 0 Å². The Morgan fingerprint density at radius 1 is 1.22 bits per heavy atom. The summed E-state index contributed by atoms with van der Waals surface area (Å²) in [4.78, 5) is 14.5. The predicted octanol–water partition coefficient (Wildman–Crippen LogP) is 2.26. The first-order valence-electron chi connectivity index (χ1n) is 7.41. The van der Waals surface area contributed by atoms with Crippen molar-refractivity contribution in [1.29, 1.82) is 0 Å². The van der Waals surface area contributed by atoms with E-state index < -0.39 is 0 Å². The normalized spacial score (nSPS) is 15.3. The molecule has 1 aliphatic heterocycles. The molecule has 1 amide bonds. The van der Waals surface area contributed by atoms with E-state index >= 15 is 0 Å². The Morgan fingerprint density at radius 3 is 2.78 bits per heavy atom. The number of hydrogen-bond acceptors (Lipinski definition) is 6. The first-order valence-corrected chi connectivity index (χ1v) is 7.41. The number of carbonyl (C=O) groups is 1. The van der Waals surface area contributed by atoms with Gasteiger partial charge in [0, 0.05) is 31.0 Å². The Hall–Kier alpha value is -2.67. The molecule has 118 valence electrons. The smallest absolute Gasteiger partial charge is 0.257 e. The number of carbonyl (C=O) groups excluding carboxylic acids is 1. The van der Waals surface area contributed by atoms with E-state index in [1.165, 1.54) is 6.26 Å². The minimum absolute atomic E-state index is 0.0501. The van der Waals surface area contributed by atoms with Gasteiger partial charge in [0.05, 0.1) is 18.8 Å². The molecule has 7 heteroatoms. The summed E-state index contributed by atoms with van der Waals surface area (Å²) >= 11 is 0. The number of nitrogens with zero attached hydrogens (tertiary/aromatic N) is 3. The minimum atomic E-state index is -0.0501. The van der Waals surface area contributed by atoms with Crippen molar-refractivity contribution in [2.75, 3.05) is 26.3 Å². The van der Waals surface area contributed by atoms with Crippen molar-refractivity contribution >= 4 is 16.9 Å². The van der Waals surface area contributed by atoms with E-state index in [9.17, 15) is 4.79 Å². The van der Waals surface area contributed by atoms with E-state index in [2.05, 4.69) is 10.2 Å². The summed E-state index contributed by atoms with van der Waals surface area (Å²) in [6.07, 6.45) is 1.51. The summed E-state index contributed by atoms with van der Waals surface area (Å²) in [5.41, 5.74) is 1.96. The summed E-state index contributed by atoms with van der Waals surface area (Å²) < 4.78 is 16.2. The van der Waals surface area contributed by atoms with Crippen molar-refractivity contribution < 1.29 is 18.4 Å². The molecule has 0 bridgehead atoms. The highest BCUT2D eigenvalue weighted by atomic mass is 16.5. The van der Waals surface area contributed by atoms with E-state index in [4.69, 9.17) is 13.6 Å². The lowest BCUT2D eigenvalue weighted by atomic mass is 10.1. The maximum atomic E-state index is 12.7. The summed E-state index contributed by atoms with van der Waals surface area (Å²) in [5, 5.41) is 8.59. The van der Waals surface area contributed by atoms with Gasteiger partial charge in [-0.1, -0.05) is 0 Å². The van der Waals surface area contributed by atoms with Crippen LogP contribution in [0, 0.1) is 6.92 Å². The SMILES string of the molecule is Cc1nnc(-c2ccc3occ(C(=O)N4CCOCC4)c3c2)o1. The van der Waals surface area contributed by atoms with Gasteiger partial charge in [-0.05, 0) is 18.2 Å². The second-order valence-corrected chi connectivity index (χ2v) is 5.39. The minimum Gasteiger partial charge on any atom is -0.463 e. The van der Waals surface area contributed by atoms with Gasteiger partial charge in [-0.3, -0.25) is 4.79 Å². The second kappa shape index (κ2) is 5.51. The number of rotatable bonds is 2. The van der Waals surface area contributed by atoms with E-state index in [1.807, 2.05) is 12.1 Å². The number of amides is 1. The van der Waals surface area contributed by atoms with Crippen LogP contribution in [0.15, 0.2) is 33.3 Å². The average molecular weight is 313 g/mol.